The number of urea groups is 1. The van der Waals surface area contributed by atoms with Gasteiger partial charge >= 0.3 is 6.03 Å². The third-order valence-corrected chi connectivity index (χ3v) is 16.3. The van der Waals surface area contributed by atoms with Crippen LogP contribution in [0.3, 0.4) is 0 Å². The van der Waals surface area contributed by atoms with Gasteiger partial charge in [0.1, 0.15) is 5.75 Å². The molecule has 0 heterocycles. The molecule has 7 nitrogen and oxygen atoms in total. The zero-order valence-corrected chi connectivity index (χ0v) is 32.9. The van der Waals surface area contributed by atoms with Crippen LogP contribution in [-0.4, -0.2) is 52.3 Å². The van der Waals surface area contributed by atoms with Gasteiger partial charge in [0.05, 0.1) is 25.4 Å². The van der Waals surface area contributed by atoms with E-state index in [2.05, 4.69) is 61.7 Å². The molecule has 3 N–H and O–H groups in total. The van der Waals surface area contributed by atoms with Gasteiger partial charge in [0.15, 0.2) is 5.78 Å². The Morgan fingerprint density at radius 3 is 2.33 bits per heavy atom. The van der Waals surface area contributed by atoms with Gasteiger partial charge in [0, 0.05) is 40.0 Å². The smallest absolute Gasteiger partial charge is 0.322 e. The summed E-state index contributed by atoms with van der Waals surface area (Å²) < 4.78 is 5.36. The number of nitrogens with one attached hydrogen (secondary N) is 1. The van der Waals surface area contributed by atoms with E-state index in [9.17, 15) is 19.8 Å². The van der Waals surface area contributed by atoms with E-state index in [1.807, 2.05) is 47.4 Å². The second-order valence-electron chi connectivity index (χ2n) is 18.7. The predicted octanol–water partition coefficient (Wildman–Crippen LogP) is 9.62. The summed E-state index contributed by atoms with van der Waals surface area (Å²) in [5.41, 5.74) is 0.0889. The van der Waals surface area contributed by atoms with E-state index in [0.717, 1.165) is 79.7 Å². The Morgan fingerprint density at radius 2 is 1.55 bits per heavy atom. The number of ketones is 1. The van der Waals surface area contributed by atoms with Gasteiger partial charge in [-0.3, -0.25) is 4.79 Å². The molecule has 8 atom stereocenters. The van der Waals surface area contributed by atoms with Crippen molar-refractivity contribution in [2.24, 2.45) is 39.4 Å². The Kier molecular flexibility index (Phi) is 8.89. The van der Waals surface area contributed by atoms with Crippen molar-refractivity contribution < 1.29 is 24.5 Å². The summed E-state index contributed by atoms with van der Waals surface area (Å²) in [7, 11) is 1.63. The summed E-state index contributed by atoms with van der Waals surface area (Å²) in [6.45, 7) is 5.24. The van der Waals surface area contributed by atoms with E-state index in [1.165, 1.54) is 6.42 Å². The molecular formula is C48H58N2O5. The van der Waals surface area contributed by atoms with Crippen LogP contribution in [0.4, 0.5) is 10.5 Å². The van der Waals surface area contributed by atoms with Gasteiger partial charge in [-0.2, -0.15) is 0 Å². The number of nitrogens with zero attached hydrogens (tertiary/aromatic N) is 1. The van der Waals surface area contributed by atoms with Crippen LogP contribution in [0.2, 0.25) is 0 Å². The SMILES string of the molecule is COc1ccc(NC(=O)N(Cc2cccc3ccccc23)C[C@]2(O)CC[C@H]3[C@]45C=C[C@@]6(C=C4C(=O)C4CCCCC4)CC(O)CC[C@]6(C)[C@H]5CC[C@@]32C)cc1. The Bertz CT molecular complexity index is 2050. The number of aliphatic hydroxyl groups excluding tert-OH is 1. The monoisotopic (exact) mass is 742 g/mol. The van der Waals surface area contributed by atoms with E-state index in [4.69, 9.17) is 4.74 Å². The molecule has 2 amide bonds. The number of methoxy groups -OCH3 is 1. The number of Topliss-reactive ketones (excluding diaryl/α,β-unsaturated/α-hetero) is 1. The number of hydrogen-bond donors (Lipinski definition) is 3. The van der Waals surface area contributed by atoms with Crippen molar-refractivity contribution in [3.8, 4) is 5.75 Å². The zero-order chi connectivity index (χ0) is 38.2. The molecule has 1 unspecified atom stereocenters. The Hall–Kier alpha value is -3.94. The first kappa shape index (κ1) is 36.7. The minimum atomic E-state index is -1.18. The van der Waals surface area contributed by atoms with Crippen LogP contribution in [0.15, 0.2) is 90.5 Å². The first-order valence-electron chi connectivity index (χ1n) is 21.0. The highest BCUT2D eigenvalue weighted by atomic mass is 16.5. The summed E-state index contributed by atoms with van der Waals surface area (Å²) in [6, 6.07) is 21.6. The molecule has 4 saturated carbocycles. The van der Waals surface area contributed by atoms with Gasteiger partial charge in [-0.1, -0.05) is 93.8 Å². The summed E-state index contributed by atoms with van der Waals surface area (Å²) in [5, 5.41) is 29.7. The third kappa shape index (κ3) is 5.49. The van der Waals surface area contributed by atoms with E-state index in [1.54, 1.807) is 7.11 Å². The highest BCUT2D eigenvalue weighted by Gasteiger charge is 2.74. The fourth-order valence-electron chi connectivity index (χ4n) is 13.2. The Morgan fingerprint density at radius 1 is 0.836 bits per heavy atom. The van der Waals surface area contributed by atoms with Crippen molar-refractivity contribution >= 4 is 28.3 Å². The molecule has 3 aromatic carbocycles. The van der Waals surface area contributed by atoms with Gasteiger partial charge in [-0.05, 0) is 116 Å². The zero-order valence-electron chi connectivity index (χ0n) is 32.9. The number of carbonyl (C=O) groups excluding carboxylic acids is 2. The second kappa shape index (κ2) is 13.3. The van der Waals surface area contributed by atoms with Crippen LogP contribution in [0.25, 0.3) is 10.8 Å². The summed E-state index contributed by atoms with van der Waals surface area (Å²) in [6.07, 6.45) is 17.6. The third-order valence-electron chi connectivity index (χ3n) is 16.3. The lowest BCUT2D eigenvalue weighted by atomic mass is 9.32. The van der Waals surface area contributed by atoms with Gasteiger partial charge in [-0.15, -0.1) is 0 Å². The molecule has 0 radical (unpaired) electrons. The molecule has 10 rings (SSSR count). The average molecular weight is 743 g/mol. The molecule has 4 fully saturated rings. The van der Waals surface area contributed by atoms with Crippen LogP contribution in [0, 0.1) is 39.4 Å². The molecule has 2 bridgehead atoms. The minimum Gasteiger partial charge on any atom is -0.497 e. The lowest BCUT2D eigenvalue weighted by molar-refractivity contribution is -0.178. The van der Waals surface area contributed by atoms with Crippen molar-refractivity contribution in [1.82, 2.24) is 4.90 Å². The van der Waals surface area contributed by atoms with Crippen molar-refractivity contribution in [3.63, 3.8) is 0 Å². The van der Waals surface area contributed by atoms with Crippen molar-refractivity contribution in [2.75, 3.05) is 19.0 Å². The average Bonchev–Trinajstić information content (AvgIpc) is 3.47. The number of hydrogen-bond acceptors (Lipinski definition) is 5. The number of aliphatic hydroxyl groups is 2. The van der Waals surface area contributed by atoms with Crippen molar-refractivity contribution in [1.29, 1.82) is 0 Å². The van der Waals surface area contributed by atoms with Crippen molar-refractivity contribution in [2.45, 2.75) is 109 Å². The number of rotatable bonds is 8. The Labute approximate surface area is 326 Å². The maximum atomic E-state index is 15.0. The first-order valence-corrected chi connectivity index (χ1v) is 21.0. The van der Waals surface area contributed by atoms with Crippen LogP contribution in [-0.2, 0) is 11.3 Å². The van der Waals surface area contributed by atoms with E-state index in [0.29, 0.717) is 36.6 Å². The molecule has 55 heavy (non-hydrogen) atoms. The number of anilines is 1. The molecule has 7 heteroatoms. The molecular weight excluding hydrogens is 685 g/mol. The molecule has 0 aromatic heterocycles. The molecule has 7 aliphatic rings. The molecule has 0 aliphatic heterocycles. The Balaban J connectivity index is 1.10. The normalized spacial score (nSPS) is 36.4. The maximum absolute atomic E-state index is 15.0. The van der Waals surface area contributed by atoms with Crippen LogP contribution in [0.5, 0.6) is 5.75 Å². The van der Waals surface area contributed by atoms with Gasteiger partial charge in [0.25, 0.3) is 0 Å². The number of carbonyl (C=O) groups is 2. The molecule has 2 spiro atoms. The lowest BCUT2D eigenvalue weighted by Crippen LogP contribution is -2.67. The summed E-state index contributed by atoms with van der Waals surface area (Å²) >= 11 is 0. The highest BCUT2D eigenvalue weighted by molar-refractivity contribution is 6.00. The van der Waals surface area contributed by atoms with E-state index >= 15 is 0 Å². The van der Waals surface area contributed by atoms with Crippen LogP contribution < -0.4 is 10.1 Å². The number of amides is 2. The number of ether oxygens (including phenoxy) is 1. The maximum Gasteiger partial charge on any atom is 0.322 e. The largest absolute Gasteiger partial charge is 0.497 e. The number of allylic oxidation sites excluding steroid dienone is 4. The quantitative estimate of drug-likeness (QED) is 0.200. The van der Waals surface area contributed by atoms with Crippen LogP contribution in [0.1, 0.15) is 96.5 Å². The summed E-state index contributed by atoms with van der Waals surface area (Å²) in [5.74, 6) is 1.39. The number of benzene rings is 3. The topological polar surface area (TPSA) is 99.1 Å². The molecule has 290 valence electrons. The predicted molar refractivity (Wildman–Crippen MR) is 217 cm³/mol. The molecule has 3 aromatic rings. The first-order chi connectivity index (χ1) is 26.5. The van der Waals surface area contributed by atoms with Gasteiger partial charge < -0.3 is 25.2 Å². The summed E-state index contributed by atoms with van der Waals surface area (Å²) in [4.78, 5) is 31.3. The molecule has 7 aliphatic carbocycles. The van der Waals surface area contributed by atoms with Gasteiger partial charge in [-0.25, -0.2) is 4.79 Å². The van der Waals surface area contributed by atoms with E-state index < -0.39 is 16.4 Å². The van der Waals surface area contributed by atoms with E-state index in [-0.39, 0.29) is 47.3 Å². The van der Waals surface area contributed by atoms with Gasteiger partial charge in [0.2, 0.25) is 0 Å². The fraction of sp³-hybridized carbons (Fsp3) is 0.542. The van der Waals surface area contributed by atoms with Crippen LogP contribution >= 0.6 is 0 Å². The highest BCUT2D eigenvalue weighted by Crippen LogP contribution is 2.78. The van der Waals surface area contributed by atoms with Crippen molar-refractivity contribution in [3.05, 3.63) is 96.1 Å². The number of fused-ring (bicyclic) bond motifs is 2. The standard InChI is InChI=1S/C48H58N2O5/c1-44-23-20-36(51)28-46(44)26-27-48(39(29-46)42(52)33-11-5-4-6-12-33)40(44)21-24-45(2)41(48)22-25-47(45,54)31-50(43(53)49-35-16-18-37(55-3)19-17-35)30-34-14-9-13-32-10-7-8-15-38(32)34/h7-10,13-19,26-27,29,33,36,40-41,51,54H,4-6,11-12,20-25,28,30-31H2,1-3H3,(H,49,53)/t36?,40-,41-,44-,45+,46+,47-,48-/m1/s1. The fourth-order valence-corrected chi connectivity index (χ4v) is 13.2. The minimum absolute atomic E-state index is 0.0461. The second-order valence-corrected chi connectivity index (χ2v) is 18.7. The molecule has 0 saturated heterocycles. The lowest BCUT2D eigenvalue weighted by Gasteiger charge is -2.71.